The van der Waals surface area contributed by atoms with E-state index in [0.29, 0.717) is 33.4 Å². The average Bonchev–Trinajstić information content (AvgIpc) is 3.78. The van der Waals surface area contributed by atoms with Crippen LogP contribution in [0.15, 0.2) is 154 Å². The first kappa shape index (κ1) is 16.6. The molecule has 2 nitrogen and oxygen atoms in total. The Labute approximate surface area is 253 Å². The van der Waals surface area contributed by atoms with Crippen LogP contribution in [-0.2, 0) is 0 Å². The minimum absolute atomic E-state index is 0.178. The van der Waals surface area contributed by atoms with Crippen LogP contribution in [0, 0.1) is 0 Å². The smallest absolute Gasteiger partial charge is 0.144 e. The Bertz CT molecular complexity index is 2810. The van der Waals surface area contributed by atoms with Gasteiger partial charge in [-0.05, 0) is 67.6 Å². The van der Waals surface area contributed by atoms with Gasteiger partial charge in [-0.1, -0.05) is 121 Å². The lowest BCUT2D eigenvalue weighted by Crippen LogP contribution is -1.90. The Morgan fingerprint density at radius 2 is 1.02 bits per heavy atom. The van der Waals surface area contributed by atoms with E-state index in [9.17, 15) is 0 Å². The fourth-order valence-corrected chi connectivity index (χ4v) is 6.18. The molecule has 0 atom stereocenters. The van der Waals surface area contributed by atoms with Gasteiger partial charge in [0.1, 0.15) is 16.7 Å². The molecule has 0 aliphatic heterocycles. The van der Waals surface area contributed by atoms with Gasteiger partial charge in [-0.25, -0.2) is 0 Å². The Morgan fingerprint density at radius 3 is 1.69 bits per heavy atom. The molecule has 2 aromatic heterocycles. The first-order chi connectivity index (χ1) is 24.2. The summed E-state index contributed by atoms with van der Waals surface area (Å²) in [5.74, 6) is 0. The number of hydrogen-bond acceptors (Lipinski definition) is 2. The molecule has 0 saturated heterocycles. The SMILES string of the molecule is [2H]c1c([2H])c([2H])c2c(-c3ccc(-c4cc5occc5c5c4oc4ccccc45)cc3)c3c([2H])c([2H])c([2H])c([2H])c3c(-c3ccccc3)c2c1[2H]. The molecule has 0 amide bonds. The maximum atomic E-state index is 9.15. The van der Waals surface area contributed by atoms with E-state index in [1.807, 2.05) is 66.7 Å². The molecule has 0 aliphatic carbocycles. The number of furan rings is 2. The first-order valence-electron chi connectivity index (χ1n) is 17.6. The van der Waals surface area contributed by atoms with Gasteiger partial charge in [-0.2, -0.15) is 0 Å². The maximum absolute atomic E-state index is 9.15. The molecule has 2 heterocycles. The number of hydrogen-bond donors (Lipinski definition) is 0. The minimum Gasteiger partial charge on any atom is -0.464 e. The fraction of sp³-hybridized carbons (Fsp3) is 0. The van der Waals surface area contributed by atoms with Crippen LogP contribution < -0.4 is 0 Å². The molecule has 0 N–H and O–H groups in total. The highest BCUT2D eigenvalue weighted by Crippen LogP contribution is 2.45. The van der Waals surface area contributed by atoms with E-state index in [0.717, 1.165) is 32.9 Å². The van der Waals surface area contributed by atoms with Gasteiger partial charge in [-0.15, -0.1) is 0 Å². The second kappa shape index (κ2) is 8.95. The number of para-hydroxylation sites is 1. The average molecular weight is 545 g/mol. The molecule has 0 fully saturated rings. The molecule has 2 heteroatoms. The van der Waals surface area contributed by atoms with Crippen LogP contribution in [0.3, 0.4) is 0 Å². The van der Waals surface area contributed by atoms with Crippen LogP contribution >= 0.6 is 0 Å². The number of rotatable bonds is 3. The minimum atomic E-state index is -0.432. The molecule has 196 valence electrons. The van der Waals surface area contributed by atoms with Crippen molar-refractivity contribution in [3.8, 4) is 33.4 Å². The highest BCUT2D eigenvalue weighted by atomic mass is 16.3. The van der Waals surface area contributed by atoms with Crippen LogP contribution in [0.5, 0.6) is 0 Å². The van der Waals surface area contributed by atoms with Crippen molar-refractivity contribution in [3.05, 3.63) is 146 Å². The van der Waals surface area contributed by atoms with Gasteiger partial charge in [0.05, 0.1) is 17.2 Å². The summed E-state index contributed by atoms with van der Waals surface area (Å²) in [7, 11) is 0. The Balaban J connectivity index is 1.40. The molecule has 0 radical (unpaired) electrons. The van der Waals surface area contributed by atoms with Gasteiger partial charge < -0.3 is 8.83 Å². The van der Waals surface area contributed by atoms with Crippen molar-refractivity contribution < 1.29 is 19.8 Å². The van der Waals surface area contributed by atoms with Crippen molar-refractivity contribution in [3.63, 3.8) is 0 Å². The zero-order valence-electron chi connectivity index (χ0n) is 30.1. The molecule has 0 aliphatic rings. The second-order valence-electron chi connectivity index (χ2n) is 10.3. The quantitative estimate of drug-likeness (QED) is 0.207. The van der Waals surface area contributed by atoms with E-state index in [-0.39, 0.29) is 45.7 Å². The zero-order valence-corrected chi connectivity index (χ0v) is 22.1. The number of fused-ring (bicyclic) bond motifs is 7. The van der Waals surface area contributed by atoms with Crippen molar-refractivity contribution >= 4 is 54.5 Å². The van der Waals surface area contributed by atoms with Crippen molar-refractivity contribution in [2.24, 2.45) is 0 Å². The van der Waals surface area contributed by atoms with Crippen LogP contribution in [0.4, 0.5) is 0 Å². The lowest BCUT2D eigenvalue weighted by atomic mass is 9.85. The molecule has 9 aromatic rings. The molecule has 9 rings (SSSR count). The van der Waals surface area contributed by atoms with Gasteiger partial charge in [0, 0.05) is 21.7 Å². The Hall–Kier alpha value is -5.60. The normalized spacial score (nSPS) is 14.5. The molecule has 42 heavy (non-hydrogen) atoms. The van der Waals surface area contributed by atoms with Crippen molar-refractivity contribution in [2.45, 2.75) is 0 Å². The standard InChI is InChI=1S/C40H24O2/c1-2-10-26(11-3-1)37-28-12-4-6-14-30(28)38(31-15-7-5-13-29(31)37)27-20-18-25(19-21-27)34-24-36-33(22-23-41-36)39-32-16-8-9-17-35(32)42-40(34)39/h1-24H/i4D,5D,6D,7D,12D,13D,14D,15D. The Kier molecular flexibility index (Phi) is 3.54. The number of benzene rings is 7. The van der Waals surface area contributed by atoms with Crippen molar-refractivity contribution in [2.75, 3.05) is 0 Å². The molecule has 0 bridgehead atoms. The second-order valence-corrected chi connectivity index (χ2v) is 10.3. The summed E-state index contributed by atoms with van der Waals surface area (Å²) in [4.78, 5) is 0. The van der Waals surface area contributed by atoms with Crippen LogP contribution in [0.2, 0.25) is 0 Å². The van der Waals surface area contributed by atoms with E-state index >= 15 is 0 Å². The lowest BCUT2D eigenvalue weighted by molar-refractivity contribution is 0.615. The maximum Gasteiger partial charge on any atom is 0.144 e. The van der Waals surface area contributed by atoms with E-state index in [1.54, 1.807) is 30.5 Å². The molecule has 0 saturated carbocycles. The highest BCUT2D eigenvalue weighted by molar-refractivity contribution is 6.23. The summed E-state index contributed by atoms with van der Waals surface area (Å²) >= 11 is 0. The molecular weight excluding hydrogens is 512 g/mol. The predicted octanol–water partition coefficient (Wildman–Crippen LogP) is 11.6. The summed E-state index contributed by atoms with van der Waals surface area (Å²) < 4.78 is 83.2. The third-order valence-corrected chi connectivity index (χ3v) is 8.00. The van der Waals surface area contributed by atoms with Crippen molar-refractivity contribution in [1.29, 1.82) is 0 Å². The summed E-state index contributed by atoms with van der Waals surface area (Å²) in [5, 5.41) is 3.56. The third-order valence-electron chi connectivity index (χ3n) is 8.00. The summed E-state index contributed by atoms with van der Waals surface area (Å²) in [6.45, 7) is 0. The molecule has 0 spiro atoms. The van der Waals surface area contributed by atoms with Gasteiger partial charge in [0.25, 0.3) is 0 Å². The monoisotopic (exact) mass is 544 g/mol. The van der Waals surface area contributed by atoms with Gasteiger partial charge in [-0.3, -0.25) is 0 Å². The Morgan fingerprint density at radius 1 is 0.476 bits per heavy atom. The largest absolute Gasteiger partial charge is 0.464 e. The van der Waals surface area contributed by atoms with E-state index < -0.39 is 24.2 Å². The van der Waals surface area contributed by atoms with Gasteiger partial charge in [0.15, 0.2) is 0 Å². The topological polar surface area (TPSA) is 26.3 Å². The summed E-state index contributed by atoms with van der Waals surface area (Å²) in [6, 6.07) is 25.1. The van der Waals surface area contributed by atoms with E-state index in [1.165, 1.54) is 0 Å². The van der Waals surface area contributed by atoms with Crippen LogP contribution in [0.1, 0.15) is 11.0 Å². The van der Waals surface area contributed by atoms with Crippen LogP contribution in [0.25, 0.3) is 87.8 Å². The zero-order chi connectivity index (χ0) is 34.6. The molecule has 0 unspecified atom stereocenters. The summed E-state index contributed by atoms with van der Waals surface area (Å²) in [5.41, 5.74) is 5.46. The van der Waals surface area contributed by atoms with Gasteiger partial charge >= 0.3 is 0 Å². The van der Waals surface area contributed by atoms with Gasteiger partial charge in [0.2, 0.25) is 0 Å². The first-order valence-corrected chi connectivity index (χ1v) is 13.6. The third kappa shape index (κ3) is 3.33. The van der Waals surface area contributed by atoms with Crippen molar-refractivity contribution in [1.82, 2.24) is 0 Å². The predicted molar refractivity (Wildman–Crippen MR) is 175 cm³/mol. The summed E-state index contributed by atoms with van der Waals surface area (Å²) in [6.07, 6.45) is 1.65. The molecular formula is C40H24O2. The van der Waals surface area contributed by atoms with E-state index in [4.69, 9.17) is 19.8 Å². The fourth-order valence-electron chi connectivity index (χ4n) is 6.18. The van der Waals surface area contributed by atoms with E-state index in [2.05, 4.69) is 0 Å². The highest BCUT2D eigenvalue weighted by Gasteiger charge is 2.19. The van der Waals surface area contributed by atoms with Crippen LogP contribution in [-0.4, -0.2) is 0 Å². The lowest BCUT2D eigenvalue weighted by Gasteiger charge is -2.18. The molecule has 7 aromatic carbocycles.